The Morgan fingerprint density at radius 3 is 2.97 bits per heavy atom. The van der Waals surface area contributed by atoms with Crippen LogP contribution in [0.25, 0.3) is 21.7 Å². The number of nitrogens with one attached hydrogen (secondary N) is 3. The lowest BCUT2D eigenvalue weighted by atomic mass is 9.68. The molecule has 4 N–H and O–H groups in total. The average Bonchev–Trinajstić information content (AvgIpc) is 3.56. The number of thiazole rings is 1. The van der Waals surface area contributed by atoms with Gasteiger partial charge in [0.15, 0.2) is 0 Å². The zero-order chi connectivity index (χ0) is 25.3. The summed E-state index contributed by atoms with van der Waals surface area (Å²) < 4.78 is 6.51. The molecule has 1 aromatic carbocycles. The number of fused-ring (bicyclic) bond motifs is 1. The topological polar surface area (TPSA) is 145 Å². The number of benzene rings is 1. The molecule has 3 atom stereocenters. The number of carbonyl (C=O) groups excluding carboxylic acids is 1. The van der Waals surface area contributed by atoms with Gasteiger partial charge in [-0.05, 0) is 45.0 Å². The maximum atomic E-state index is 13.0. The maximum absolute atomic E-state index is 13.0. The van der Waals surface area contributed by atoms with Gasteiger partial charge in [-0.1, -0.05) is 0 Å². The molecule has 188 valence electrons. The number of amides is 2. The first-order valence-corrected chi connectivity index (χ1v) is 12.6. The number of anilines is 1. The summed E-state index contributed by atoms with van der Waals surface area (Å²) in [5.74, 6) is -2.57. The molecule has 11 nitrogen and oxygen atoms in total. The number of piperidine rings is 1. The van der Waals surface area contributed by atoms with Gasteiger partial charge in [0.1, 0.15) is 6.26 Å². The number of aliphatic imine (C=N–C) groups is 1. The summed E-state index contributed by atoms with van der Waals surface area (Å²) in [6, 6.07) is 3.35. The summed E-state index contributed by atoms with van der Waals surface area (Å²) in [4.78, 5) is 41.0. The zero-order valence-electron chi connectivity index (χ0n) is 19.9. The normalized spacial score (nSPS) is 25.7. The fraction of sp³-hybridized carbons (Fsp3) is 0.375. The van der Waals surface area contributed by atoms with Crippen LogP contribution < -0.4 is 20.9 Å². The second-order valence-electron chi connectivity index (χ2n) is 8.96. The van der Waals surface area contributed by atoms with Crippen molar-refractivity contribution in [1.29, 1.82) is 0 Å². The van der Waals surface area contributed by atoms with Crippen LogP contribution in [-0.2, 0) is 4.79 Å². The second kappa shape index (κ2) is 9.36. The minimum atomic E-state index is -1.44. The lowest BCUT2D eigenvalue weighted by Crippen LogP contribution is -2.71. The molecular formula is C24H27N7O4S. The third-order valence-electron chi connectivity index (χ3n) is 6.87. The second-order valence-corrected chi connectivity index (χ2v) is 9.82. The van der Waals surface area contributed by atoms with Crippen LogP contribution in [0.2, 0.25) is 0 Å². The Hall–Kier alpha value is -3.77. The van der Waals surface area contributed by atoms with Crippen LogP contribution in [0.1, 0.15) is 20.3 Å². The minimum absolute atomic E-state index is 0.336. The van der Waals surface area contributed by atoms with Crippen molar-refractivity contribution in [3.8, 4) is 11.5 Å². The number of allylic oxidation sites excluding steroid dienone is 1. The van der Waals surface area contributed by atoms with Crippen LogP contribution in [-0.4, -0.2) is 58.7 Å². The third kappa shape index (κ3) is 3.91. The summed E-state index contributed by atoms with van der Waals surface area (Å²) in [5.41, 5.74) is 2.71. The highest BCUT2D eigenvalue weighted by atomic mass is 32.1. The van der Waals surface area contributed by atoms with Crippen molar-refractivity contribution in [2.75, 3.05) is 24.5 Å². The molecule has 0 aliphatic carbocycles. The van der Waals surface area contributed by atoms with Gasteiger partial charge in [-0.3, -0.25) is 10.1 Å². The van der Waals surface area contributed by atoms with Gasteiger partial charge < -0.3 is 25.1 Å². The van der Waals surface area contributed by atoms with Gasteiger partial charge in [0.25, 0.3) is 0 Å². The predicted octanol–water partition coefficient (Wildman–Crippen LogP) is 3.03. The van der Waals surface area contributed by atoms with Gasteiger partial charge >= 0.3 is 12.0 Å². The Labute approximate surface area is 211 Å². The molecule has 4 heterocycles. The summed E-state index contributed by atoms with van der Waals surface area (Å²) in [7, 11) is 0. The first kappa shape index (κ1) is 23.9. The standard InChI is InChI=1S/C24H27N7O4S/c1-3-26-22(34)30-24(18-13-25-7-5-23(18,2)21(32)33)29-6-4-9-31(24)15-11-16(20-27-8-10-35-20)19-17(12-15)28-14-36-19/h4,6,8-12,14,18,25H,3,5,7,13H2,1-2H3,(H,32,33)(H2,26,30,34). The molecule has 3 aromatic rings. The number of rotatable bonds is 6. The van der Waals surface area contributed by atoms with Gasteiger partial charge in [0, 0.05) is 31.2 Å². The smallest absolute Gasteiger partial charge is 0.318 e. The van der Waals surface area contributed by atoms with E-state index in [1.165, 1.54) is 17.6 Å². The number of aliphatic carboxylic acids is 1. The quantitative estimate of drug-likeness (QED) is 0.397. The number of carboxylic acid groups (broad SMARTS) is 1. The molecule has 0 radical (unpaired) electrons. The molecule has 0 saturated carbocycles. The van der Waals surface area contributed by atoms with Crippen molar-refractivity contribution in [2.24, 2.45) is 16.3 Å². The highest BCUT2D eigenvalue weighted by molar-refractivity contribution is 7.17. The Bertz CT molecular complexity index is 1340. The lowest BCUT2D eigenvalue weighted by Gasteiger charge is -2.52. The summed E-state index contributed by atoms with van der Waals surface area (Å²) >= 11 is 1.47. The van der Waals surface area contributed by atoms with Gasteiger partial charge in [-0.25, -0.2) is 19.8 Å². The molecule has 36 heavy (non-hydrogen) atoms. The van der Waals surface area contributed by atoms with E-state index in [0.29, 0.717) is 37.6 Å². The van der Waals surface area contributed by atoms with Crippen LogP contribution in [0, 0.1) is 11.3 Å². The number of oxazole rings is 1. The first-order valence-electron chi connectivity index (χ1n) is 11.7. The van der Waals surface area contributed by atoms with E-state index in [2.05, 4.69) is 25.9 Å². The number of urea groups is 1. The van der Waals surface area contributed by atoms with Gasteiger partial charge in [-0.2, -0.15) is 0 Å². The number of hydrogen-bond donors (Lipinski definition) is 4. The van der Waals surface area contributed by atoms with E-state index in [0.717, 1.165) is 15.8 Å². The van der Waals surface area contributed by atoms with E-state index in [9.17, 15) is 14.7 Å². The first-order chi connectivity index (χ1) is 17.4. The highest BCUT2D eigenvalue weighted by Crippen LogP contribution is 2.46. The number of hydrogen-bond acceptors (Lipinski definition) is 9. The molecule has 12 heteroatoms. The number of carbonyl (C=O) groups is 2. The van der Waals surface area contributed by atoms with Crippen LogP contribution in [0.3, 0.4) is 0 Å². The Balaban J connectivity index is 1.71. The monoisotopic (exact) mass is 509 g/mol. The minimum Gasteiger partial charge on any atom is -0.481 e. The van der Waals surface area contributed by atoms with E-state index in [-0.39, 0.29) is 0 Å². The molecule has 1 fully saturated rings. The van der Waals surface area contributed by atoms with E-state index in [4.69, 9.17) is 9.41 Å². The van der Waals surface area contributed by atoms with Crippen LogP contribution in [0.15, 0.2) is 51.8 Å². The molecule has 1 saturated heterocycles. The molecule has 2 amide bonds. The summed E-state index contributed by atoms with van der Waals surface area (Å²) in [5, 5.41) is 19.4. The molecule has 3 unspecified atom stereocenters. The highest BCUT2D eigenvalue weighted by Gasteiger charge is 2.57. The van der Waals surface area contributed by atoms with Gasteiger partial charge in [-0.15, -0.1) is 11.3 Å². The van der Waals surface area contributed by atoms with E-state index < -0.39 is 29.1 Å². The van der Waals surface area contributed by atoms with Crippen molar-refractivity contribution >= 4 is 45.5 Å². The van der Waals surface area contributed by atoms with Crippen LogP contribution in [0.4, 0.5) is 10.5 Å². The third-order valence-corrected chi connectivity index (χ3v) is 7.74. The SMILES string of the molecule is CCNC(=O)NC1(C2CNCCC2(C)C(=O)O)N=CC=CN1c1cc(-c2ncco2)c2scnc2c1. The summed E-state index contributed by atoms with van der Waals surface area (Å²) in [6.45, 7) is 4.82. The number of nitrogens with zero attached hydrogens (tertiary/aromatic N) is 4. The van der Waals surface area contributed by atoms with Crippen LogP contribution in [0.5, 0.6) is 0 Å². The number of carboxylic acids is 1. The van der Waals surface area contributed by atoms with Crippen LogP contribution >= 0.6 is 11.3 Å². The molecular weight excluding hydrogens is 482 g/mol. The fourth-order valence-corrected chi connectivity index (χ4v) is 5.77. The lowest BCUT2D eigenvalue weighted by molar-refractivity contribution is -0.155. The van der Waals surface area contributed by atoms with Crippen molar-refractivity contribution < 1.29 is 19.1 Å². The van der Waals surface area contributed by atoms with Gasteiger partial charge in [0.05, 0.1) is 38.8 Å². The van der Waals surface area contributed by atoms with Crippen molar-refractivity contribution in [3.63, 3.8) is 0 Å². The zero-order valence-corrected chi connectivity index (χ0v) is 20.7. The Kier molecular flexibility index (Phi) is 6.22. The maximum Gasteiger partial charge on any atom is 0.318 e. The van der Waals surface area contributed by atoms with E-state index >= 15 is 0 Å². The van der Waals surface area contributed by atoms with Gasteiger partial charge in [0.2, 0.25) is 11.7 Å². The van der Waals surface area contributed by atoms with E-state index in [1.54, 1.807) is 37.1 Å². The summed E-state index contributed by atoms with van der Waals surface area (Å²) in [6.07, 6.45) is 8.60. The fourth-order valence-electron chi connectivity index (χ4n) is 4.99. The molecule has 5 rings (SSSR count). The Morgan fingerprint density at radius 1 is 1.36 bits per heavy atom. The molecule has 2 aromatic heterocycles. The molecule has 2 aliphatic heterocycles. The largest absolute Gasteiger partial charge is 0.481 e. The predicted molar refractivity (Wildman–Crippen MR) is 137 cm³/mol. The van der Waals surface area contributed by atoms with Crippen molar-refractivity contribution in [2.45, 2.75) is 26.1 Å². The Morgan fingerprint density at radius 2 is 2.22 bits per heavy atom. The molecule has 0 spiro atoms. The van der Waals surface area contributed by atoms with Crippen molar-refractivity contribution in [3.05, 3.63) is 42.4 Å². The number of aromatic nitrogens is 2. The van der Waals surface area contributed by atoms with Crippen molar-refractivity contribution in [1.82, 2.24) is 25.9 Å². The average molecular weight is 510 g/mol. The molecule has 0 bridgehead atoms. The molecule has 2 aliphatic rings. The van der Waals surface area contributed by atoms with E-state index in [1.807, 2.05) is 24.0 Å².